The van der Waals surface area contributed by atoms with Crippen LogP contribution in [0.2, 0.25) is 0 Å². The van der Waals surface area contributed by atoms with Crippen LogP contribution in [0.3, 0.4) is 0 Å². The number of rotatable bonds is 3. The van der Waals surface area contributed by atoms with Gasteiger partial charge in [0, 0.05) is 35.4 Å². The lowest BCUT2D eigenvalue weighted by molar-refractivity contribution is -0.144. The minimum Gasteiger partial charge on any atom is -0.379 e. The van der Waals surface area contributed by atoms with Gasteiger partial charge in [-0.05, 0) is 25.1 Å². The third-order valence-electron chi connectivity index (χ3n) is 4.17. The summed E-state index contributed by atoms with van der Waals surface area (Å²) >= 11 is 3.37. The van der Waals surface area contributed by atoms with Crippen molar-refractivity contribution in [3.63, 3.8) is 0 Å². The second kappa shape index (κ2) is 7.51. The standard InChI is InChI=1S/C16H19BrN4O4/c1-2-21-12-4-3-10(17)9-11(12)13(16(21)24)18-14(22)15(23)19-20-5-7-25-8-6-20/h3-4,9,13H,2,5-8H2,1H3,(H,18,22)(H,19,23)/t13-/m1/s1. The zero-order valence-electron chi connectivity index (χ0n) is 13.8. The van der Waals surface area contributed by atoms with Gasteiger partial charge in [-0.25, -0.2) is 5.01 Å². The average molecular weight is 411 g/mol. The van der Waals surface area contributed by atoms with E-state index in [0.717, 1.165) is 10.2 Å². The predicted molar refractivity (Wildman–Crippen MR) is 93.6 cm³/mol. The molecule has 1 saturated heterocycles. The Morgan fingerprint density at radius 3 is 2.68 bits per heavy atom. The molecular formula is C16H19BrN4O4. The second-order valence-electron chi connectivity index (χ2n) is 5.73. The molecule has 0 unspecified atom stereocenters. The summed E-state index contributed by atoms with van der Waals surface area (Å²) in [6.45, 7) is 4.37. The van der Waals surface area contributed by atoms with Crippen LogP contribution in [0.25, 0.3) is 0 Å². The number of amides is 3. The van der Waals surface area contributed by atoms with Gasteiger partial charge in [-0.15, -0.1) is 0 Å². The number of nitrogens with zero attached hydrogens (tertiary/aromatic N) is 2. The molecule has 3 amide bonds. The first kappa shape index (κ1) is 17.8. The van der Waals surface area contributed by atoms with Gasteiger partial charge in [-0.2, -0.15) is 0 Å². The van der Waals surface area contributed by atoms with Gasteiger partial charge in [-0.3, -0.25) is 19.8 Å². The molecule has 1 atom stereocenters. The maximum atomic E-state index is 12.6. The SMILES string of the molecule is CCN1C(=O)[C@H](NC(=O)C(=O)NN2CCOCC2)c2cc(Br)ccc21. The number of benzene rings is 1. The Morgan fingerprint density at radius 2 is 2.00 bits per heavy atom. The molecular weight excluding hydrogens is 392 g/mol. The van der Waals surface area contributed by atoms with Gasteiger partial charge < -0.3 is 15.0 Å². The summed E-state index contributed by atoms with van der Waals surface area (Å²) in [4.78, 5) is 38.5. The highest BCUT2D eigenvalue weighted by molar-refractivity contribution is 9.10. The van der Waals surface area contributed by atoms with E-state index in [1.165, 1.54) is 0 Å². The molecule has 1 aromatic rings. The van der Waals surface area contributed by atoms with Crippen LogP contribution in [0, 0.1) is 0 Å². The Balaban J connectivity index is 1.71. The van der Waals surface area contributed by atoms with Crippen LogP contribution in [-0.2, 0) is 19.1 Å². The van der Waals surface area contributed by atoms with E-state index in [-0.39, 0.29) is 5.91 Å². The highest BCUT2D eigenvalue weighted by Gasteiger charge is 2.38. The molecule has 134 valence electrons. The fraction of sp³-hybridized carbons (Fsp3) is 0.438. The van der Waals surface area contributed by atoms with Crippen molar-refractivity contribution in [2.24, 2.45) is 0 Å². The van der Waals surface area contributed by atoms with Crippen molar-refractivity contribution < 1.29 is 19.1 Å². The van der Waals surface area contributed by atoms with Gasteiger partial charge in [0.05, 0.1) is 13.2 Å². The Labute approximate surface area is 153 Å². The Kier molecular flexibility index (Phi) is 5.36. The Hall–Kier alpha value is -1.97. The molecule has 9 heteroatoms. The van der Waals surface area contributed by atoms with Gasteiger partial charge >= 0.3 is 11.8 Å². The fourth-order valence-corrected chi connectivity index (χ4v) is 3.32. The van der Waals surface area contributed by atoms with Crippen LogP contribution in [0.5, 0.6) is 0 Å². The molecule has 0 radical (unpaired) electrons. The topological polar surface area (TPSA) is 91.0 Å². The van der Waals surface area contributed by atoms with E-state index >= 15 is 0 Å². The molecule has 2 heterocycles. The van der Waals surface area contributed by atoms with Crippen molar-refractivity contribution in [2.75, 3.05) is 37.7 Å². The minimum absolute atomic E-state index is 0.247. The van der Waals surface area contributed by atoms with Gasteiger partial charge in [0.1, 0.15) is 6.04 Å². The molecule has 8 nitrogen and oxygen atoms in total. The number of fused-ring (bicyclic) bond motifs is 1. The van der Waals surface area contributed by atoms with Crippen molar-refractivity contribution in [1.82, 2.24) is 15.8 Å². The lowest BCUT2D eigenvalue weighted by Gasteiger charge is -2.26. The monoisotopic (exact) mass is 410 g/mol. The third-order valence-corrected chi connectivity index (χ3v) is 4.67. The normalized spacial score (nSPS) is 20.3. The minimum atomic E-state index is -0.865. The highest BCUT2D eigenvalue weighted by atomic mass is 79.9. The summed E-state index contributed by atoms with van der Waals surface area (Å²) < 4.78 is 5.99. The van der Waals surface area contributed by atoms with Gasteiger partial charge in [0.25, 0.3) is 5.91 Å². The van der Waals surface area contributed by atoms with E-state index < -0.39 is 17.9 Å². The lowest BCUT2D eigenvalue weighted by atomic mass is 10.1. The number of halogens is 1. The molecule has 2 aliphatic rings. The molecule has 1 fully saturated rings. The maximum Gasteiger partial charge on any atom is 0.323 e. The van der Waals surface area contributed by atoms with E-state index in [1.54, 1.807) is 16.0 Å². The van der Waals surface area contributed by atoms with Crippen molar-refractivity contribution in [3.05, 3.63) is 28.2 Å². The first-order chi connectivity index (χ1) is 12.0. The summed E-state index contributed by atoms with van der Waals surface area (Å²) in [5.41, 5.74) is 3.96. The molecule has 0 saturated carbocycles. The number of ether oxygens (including phenoxy) is 1. The largest absolute Gasteiger partial charge is 0.379 e. The molecule has 0 spiro atoms. The third kappa shape index (κ3) is 3.68. The number of carbonyl (C=O) groups excluding carboxylic acids is 3. The van der Waals surface area contributed by atoms with E-state index in [4.69, 9.17) is 4.74 Å². The van der Waals surface area contributed by atoms with Crippen LogP contribution < -0.4 is 15.6 Å². The van der Waals surface area contributed by atoms with Gasteiger partial charge in [0.15, 0.2) is 0 Å². The van der Waals surface area contributed by atoms with Gasteiger partial charge in [0.2, 0.25) is 0 Å². The van der Waals surface area contributed by atoms with Gasteiger partial charge in [-0.1, -0.05) is 15.9 Å². The first-order valence-electron chi connectivity index (χ1n) is 8.06. The number of likely N-dealkylation sites (N-methyl/N-ethyl adjacent to an activating group) is 1. The molecule has 2 aliphatic heterocycles. The van der Waals surface area contributed by atoms with Crippen LogP contribution in [0.4, 0.5) is 5.69 Å². The maximum absolute atomic E-state index is 12.6. The first-order valence-corrected chi connectivity index (χ1v) is 8.85. The van der Waals surface area contributed by atoms with Crippen LogP contribution >= 0.6 is 15.9 Å². The number of hydrazine groups is 1. The molecule has 2 N–H and O–H groups in total. The average Bonchev–Trinajstić information content (AvgIpc) is 2.86. The quantitative estimate of drug-likeness (QED) is 0.700. The highest BCUT2D eigenvalue weighted by Crippen LogP contribution is 2.37. The number of morpholine rings is 1. The Bertz CT molecular complexity index is 705. The summed E-state index contributed by atoms with van der Waals surface area (Å²) in [5, 5.41) is 4.17. The van der Waals surface area contributed by atoms with Crippen molar-refractivity contribution in [3.8, 4) is 0 Å². The van der Waals surface area contributed by atoms with Crippen molar-refractivity contribution in [1.29, 1.82) is 0 Å². The van der Waals surface area contributed by atoms with Crippen LogP contribution in [0.1, 0.15) is 18.5 Å². The fourth-order valence-electron chi connectivity index (χ4n) is 2.94. The van der Waals surface area contributed by atoms with E-state index in [2.05, 4.69) is 26.7 Å². The number of hydrogen-bond acceptors (Lipinski definition) is 5. The molecule has 25 heavy (non-hydrogen) atoms. The molecule has 1 aromatic carbocycles. The summed E-state index contributed by atoms with van der Waals surface area (Å²) in [6.07, 6.45) is 0. The summed E-state index contributed by atoms with van der Waals surface area (Å²) in [7, 11) is 0. The number of hydrogen-bond donors (Lipinski definition) is 2. The number of nitrogens with one attached hydrogen (secondary N) is 2. The van der Waals surface area contributed by atoms with Crippen molar-refractivity contribution >= 4 is 39.3 Å². The lowest BCUT2D eigenvalue weighted by Crippen LogP contribution is -2.53. The molecule has 0 aliphatic carbocycles. The van der Waals surface area contributed by atoms with E-state index in [0.29, 0.717) is 38.4 Å². The molecule has 0 bridgehead atoms. The van der Waals surface area contributed by atoms with Crippen LogP contribution in [-0.4, -0.2) is 55.6 Å². The van der Waals surface area contributed by atoms with E-state index in [1.807, 2.05) is 19.1 Å². The van der Waals surface area contributed by atoms with Crippen molar-refractivity contribution in [2.45, 2.75) is 13.0 Å². The summed E-state index contributed by atoms with van der Waals surface area (Å²) in [5.74, 6) is -1.88. The van der Waals surface area contributed by atoms with E-state index in [9.17, 15) is 14.4 Å². The molecule has 3 rings (SSSR count). The summed E-state index contributed by atoms with van der Waals surface area (Å²) in [6, 6.07) is 4.58. The zero-order chi connectivity index (χ0) is 18.0. The number of anilines is 1. The number of carbonyl (C=O) groups is 3. The predicted octanol–water partition coefficient (Wildman–Crippen LogP) is 0.336. The van der Waals surface area contributed by atoms with Crippen LogP contribution in [0.15, 0.2) is 22.7 Å². The molecule has 0 aromatic heterocycles. The second-order valence-corrected chi connectivity index (χ2v) is 6.65. The zero-order valence-corrected chi connectivity index (χ0v) is 15.3. The smallest absolute Gasteiger partial charge is 0.323 e. The Morgan fingerprint density at radius 1 is 1.28 bits per heavy atom.